The molecule has 5 amide bonds. The molecule has 110 heavy (non-hydrogen) atoms. The van der Waals surface area contributed by atoms with Crippen LogP contribution >= 0.6 is 11.8 Å². The summed E-state index contributed by atoms with van der Waals surface area (Å²) in [6, 6.07) is 27.7. The number of benzene rings is 4. The maximum Gasteiger partial charge on any atom is 0.264 e. The van der Waals surface area contributed by atoms with E-state index in [4.69, 9.17) is 18.6 Å². The van der Waals surface area contributed by atoms with Crippen molar-refractivity contribution in [2.45, 2.75) is 180 Å². The molecule has 5 N–H and O–H groups in total. The number of hydrogen-bond acceptors (Lipinski definition) is 20. The highest BCUT2D eigenvalue weighted by molar-refractivity contribution is 7.99. The molecule has 27 heteroatoms. The highest BCUT2D eigenvalue weighted by Crippen LogP contribution is 2.77. The number of nitrogens with zero attached hydrogens (tertiary/aromatic N) is 9. The standard InChI is InChI=1S/C83H113N13O12S2/c1-57-44-69(110(103,104)89-77(100)62-21-23-66(24-22-62)93-36-34-92(35-37-93)47-63-27-29-81(7,8)46-70(63)83-53-82(9,54-83)55-83)25-26-71(57)86-64(52-109-68-14-11-10-12-15-68)28-31-91-32-38-94(39-33-91)74(99)16-13-30-95-48-65(88-90-95)50-106-42-40-105-41-43-107-51-73(98)87-76(80(4,5)6)79(102)96-49-67(97)45-72(96)78(101)85-58(2)60-17-19-61(20-18-60)75-59(3)84-56-108-75/h10-12,14-15,17-26,44,48,56,58,64,67,72,76,86,97H,13,16,27-43,45-47,49-55H2,1-9H3,(H,85,101)(H,87,98)(H,89,100)/t58-,64+,67+,72-,76+,82?,83?/m0/s1. The molecular formula is C83H113N13O12S2. The number of carbonyl (C=O) groups excluding carboxylic acids is 5. The number of aliphatic hydroxyl groups excluding tert-OH is 1. The van der Waals surface area contributed by atoms with E-state index in [0.29, 0.717) is 60.2 Å². The molecular weight excluding hydrogens is 1440 g/mol. The first-order valence-electron chi connectivity index (χ1n) is 39.2. The van der Waals surface area contributed by atoms with E-state index in [0.717, 1.165) is 103 Å². The highest BCUT2D eigenvalue weighted by atomic mass is 32.2. The lowest BCUT2D eigenvalue weighted by Crippen LogP contribution is -2.61. The summed E-state index contributed by atoms with van der Waals surface area (Å²) in [7, 11) is -4.19. The first-order valence-corrected chi connectivity index (χ1v) is 41.7. The maximum absolute atomic E-state index is 14.1. The lowest BCUT2D eigenvalue weighted by Gasteiger charge is -2.72. The van der Waals surface area contributed by atoms with E-state index < -0.39 is 63.3 Å². The number of rotatable bonds is 35. The molecule has 594 valence electrons. The zero-order valence-corrected chi connectivity index (χ0v) is 67.2. The summed E-state index contributed by atoms with van der Waals surface area (Å²) < 4.78 is 54.2. The number of carbonyl (C=O) groups is 5. The van der Waals surface area contributed by atoms with Crippen molar-refractivity contribution in [1.29, 1.82) is 0 Å². The molecule has 6 fully saturated rings. The van der Waals surface area contributed by atoms with Crippen LogP contribution in [0.15, 0.2) is 135 Å². The summed E-state index contributed by atoms with van der Waals surface area (Å²) >= 11 is 1.76. The van der Waals surface area contributed by atoms with Crippen LogP contribution in [0.25, 0.3) is 11.3 Å². The van der Waals surface area contributed by atoms with Crippen LogP contribution in [0.3, 0.4) is 0 Å². The van der Waals surface area contributed by atoms with Gasteiger partial charge < -0.3 is 54.4 Å². The summed E-state index contributed by atoms with van der Waals surface area (Å²) in [5.74, 6) is -0.524. The number of anilines is 2. The van der Waals surface area contributed by atoms with Crippen LogP contribution in [-0.4, -0.2) is 218 Å². The fourth-order valence-corrected chi connectivity index (χ4v) is 18.9. The van der Waals surface area contributed by atoms with Gasteiger partial charge in [-0.05, 0) is 160 Å². The van der Waals surface area contributed by atoms with Crippen molar-refractivity contribution in [2.75, 3.05) is 121 Å². The van der Waals surface area contributed by atoms with Gasteiger partial charge in [-0.15, -0.1) is 16.9 Å². The van der Waals surface area contributed by atoms with E-state index in [-0.39, 0.29) is 75.0 Å². The quantitative estimate of drug-likeness (QED) is 0.0140. The van der Waals surface area contributed by atoms with Crippen molar-refractivity contribution in [2.24, 2.45) is 21.7 Å². The number of amides is 5. The van der Waals surface area contributed by atoms with Crippen LogP contribution in [0.1, 0.15) is 152 Å². The molecule has 4 aromatic carbocycles. The lowest BCUT2D eigenvalue weighted by atomic mass is 9.33. The zero-order valence-electron chi connectivity index (χ0n) is 65.6. The number of ether oxygens (including phenoxy) is 3. The minimum Gasteiger partial charge on any atom is -0.443 e. The molecule has 3 saturated heterocycles. The number of oxazole rings is 1. The van der Waals surface area contributed by atoms with Crippen molar-refractivity contribution in [3.63, 3.8) is 0 Å². The minimum atomic E-state index is -4.19. The number of sulfonamides is 1. The highest BCUT2D eigenvalue weighted by Gasteiger charge is 2.67. The fraction of sp³-hybridized carbons (Fsp3) is 0.566. The molecule has 3 saturated carbocycles. The molecule has 5 heterocycles. The van der Waals surface area contributed by atoms with Crippen LogP contribution in [0.2, 0.25) is 0 Å². The number of likely N-dealkylation sites (tertiary alicyclic amines) is 1. The Labute approximate surface area is 652 Å². The van der Waals surface area contributed by atoms with E-state index >= 15 is 0 Å². The molecule has 25 nitrogen and oxygen atoms in total. The van der Waals surface area contributed by atoms with Crippen molar-refractivity contribution in [1.82, 2.24) is 54.9 Å². The number of aliphatic hydroxyl groups is 1. The number of hydrogen-bond donors (Lipinski definition) is 5. The van der Waals surface area contributed by atoms with Gasteiger partial charge >= 0.3 is 0 Å². The largest absolute Gasteiger partial charge is 0.443 e. The number of allylic oxidation sites excluding steroid dienone is 1. The van der Waals surface area contributed by atoms with Crippen LogP contribution in [-0.2, 0) is 56.6 Å². The fourth-order valence-electron chi connectivity index (χ4n) is 16.8. The minimum absolute atomic E-state index is 0.0147. The third-order valence-electron chi connectivity index (χ3n) is 22.9. The summed E-state index contributed by atoms with van der Waals surface area (Å²) in [6.45, 7) is 28.0. The molecule has 2 aromatic heterocycles. The predicted molar refractivity (Wildman–Crippen MR) is 423 cm³/mol. The molecule has 5 atom stereocenters. The second-order valence-electron chi connectivity index (χ2n) is 33.4. The molecule has 2 bridgehead atoms. The Bertz CT molecular complexity index is 4280. The topological polar surface area (TPSA) is 288 Å². The average Bonchev–Trinajstić information content (AvgIpc) is 0.783. The summed E-state index contributed by atoms with van der Waals surface area (Å²) in [4.78, 5) is 84.0. The first-order chi connectivity index (χ1) is 52.6. The Balaban J connectivity index is 0.512. The van der Waals surface area contributed by atoms with Gasteiger partial charge in [0, 0.05) is 131 Å². The smallest absolute Gasteiger partial charge is 0.264 e. The van der Waals surface area contributed by atoms with Crippen molar-refractivity contribution in [3.8, 4) is 11.3 Å². The summed E-state index contributed by atoms with van der Waals surface area (Å²) in [5, 5.41) is 28.7. The van der Waals surface area contributed by atoms with Gasteiger partial charge in [0.2, 0.25) is 23.6 Å². The van der Waals surface area contributed by atoms with Gasteiger partial charge in [-0.1, -0.05) is 100 Å². The Morgan fingerprint density at radius 1 is 0.809 bits per heavy atom. The van der Waals surface area contributed by atoms with Crippen LogP contribution in [0.5, 0.6) is 0 Å². The van der Waals surface area contributed by atoms with E-state index in [1.54, 1.807) is 64.1 Å². The van der Waals surface area contributed by atoms with Crippen molar-refractivity contribution >= 4 is 62.7 Å². The predicted octanol–water partition coefficient (Wildman–Crippen LogP) is 9.99. The number of β-amino-alcohol motifs (C(OH)–C–C–N with tert-alkyl or cyclic N) is 1. The number of aromatic nitrogens is 4. The molecule has 0 unspecified atom stereocenters. The normalized spacial score (nSPS) is 21.7. The third-order valence-corrected chi connectivity index (χ3v) is 25.4. The van der Waals surface area contributed by atoms with Gasteiger partial charge in [0.25, 0.3) is 15.9 Å². The van der Waals surface area contributed by atoms with Crippen LogP contribution < -0.4 is 25.6 Å². The van der Waals surface area contributed by atoms with Gasteiger partial charge in [-0.3, -0.25) is 38.5 Å². The van der Waals surface area contributed by atoms with Crippen molar-refractivity contribution in [3.05, 3.63) is 149 Å². The van der Waals surface area contributed by atoms with Crippen LogP contribution in [0, 0.1) is 35.5 Å². The first kappa shape index (κ1) is 81.5. The van der Waals surface area contributed by atoms with E-state index in [9.17, 15) is 37.5 Å². The lowest BCUT2D eigenvalue weighted by molar-refractivity contribution is -0.167. The van der Waals surface area contributed by atoms with Gasteiger partial charge in [-0.2, -0.15) is 0 Å². The molecule has 0 spiro atoms. The Kier molecular flexibility index (Phi) is 26.5. The summed E-state index contributed by atoms with van der Waals surface area (Å²) in [6.07, 6.45) is 12.0. The molecule has 13 rings (SSSR count). The second-order valence-corrected chi connectivity index (χ2v) is 36.2. The van der Waals surface area contributed by atoms with Gasteiger partial charge in [0.1, 0.15) is 24.4 Å². The van der Waals surface area contributed by atoms with Gasteiger partial charge in [-0.25, -0.2) is 18.1 Å². The number of aryl methyl sites for hydroxylation is 3. The number of thioether (sulfide) groups is 1. The number of piperazine rings is 2. The number of nitrogens with one attached hydrogen (secondary N) is 4. The molecule has 3 aliphatic heterocycles. The van der Waals surface area contributed by atoms with Gasteiger partial charge in [0.15, 0.2) is 12.2 Å². The second kappa shape index (κ2) is 35.8. The Hall–Kier alpha value is -8.02. The SMILES string of the molecule is Cc1cc(S(=O)(=O)NC(=O)c2ccc(N3CCN(CC4=C(C56CC(C)(C5)C6)CC(C)(C)CC4)CC3)cc2)ccc1N[C@H](CCN1CCN(C(=O)CCCn2cc(COCCOCCOCC(=O)N[C@H](C(=O)N3C[C@H](O)C[C@H]3C(=O)N[C@@H](C)c3ccc(-c4ocnc4C)cc3)C(C)(C)C)nn2)CC1)CSc1ccccc1. The van der Waals surface area contributed by atoms with Gasteiger partial charge in [0.05, 0.1) is 62.0 Å². The van der Waals surface area contributed by atoms with E-state index in [1.807, 2.05) is 101 Å². The Morgan fingerprint density at radius 2 is 1.51 bits per heavy atom. The molecule has 6 aromatic rings. The van der Waals surface area contributed by atoms with E-state index in [1.165, 1.54) is 49.8 Å². The van der Waals surface area contributed by atoms with Crippen LogP contribution in [0.4, 0.5) is 11.4 Å². The monoisotopic (exact) mass is 1550 g/mol. The van der Waals surface area contributed by atoms with E-state index in [2.05, 4.69) is 83.6 Å². The molecule has 4 aliphatic carbocycles. The van der Waals surface area contributed by atoms with Crippen molar-refractivity contribution < 1.29 is 56.1 Å². The Morgan fingerprint density at radius 3 is 2.19 bits per heavy atom. The molecule has 0 radical (unpaired) electrons. The maximum atomic E-state index is 14.1. The summed E-state index contributed by atoms with van der Waals surface area (Å²) in [5.41, 5.74) is 10.2. The zero-order chi connectivity index (χ0) is 78.0. The average molecular weight is 1550 g/mol. The third kappa shape index (κ3) is 21.0. The molecule has 7 aliphatic rings.